The molecule has 0 bridgehead atoms. The summed E-state index contributed by atoms with van der Waals surface area (Å²) in [7, 11) is 0. The van der Waals surface area contributed by atoms with Gasteiger partial charge in [0.05, 0.1) is 8.04 Å². The second-order valence-corrected chi connectivity index (χ2v) is 10.4. The third kappa shape index (κ3) is 6.44. The molecule has 0 atom stereocenters. The maximum Gasteiger partial charge on any atom is 0.264 e. The normalized spacial score (nSPS) is 13.9. The number of hydrogen-bond donors (Lipinski definition) is 0. The monoisotopic (exact) mass is 641 g/mol. The molecule has 5 nitrogen and oxygen atoms in total. The van der Waals surface area contributed by atoms with Gasteiger partial charge >= 0.3 is 0 Å². The van der Waals surface area contributed by atoms with Gasteiger partial charge in [0, 0.05) is 31.9 Å². The Kier molecular flexibility index (Phi) is 8.47. The molecule has 0 spiro atoms. The largest absolute Gasteiger partial charge is 0.487 e. The number of benzene rings is 3. The number of amides is 1. The number of para-hydroxylation sites is 1. The lowest BCUT2D eigenvalue weighted by Gasteiger charge is -2.36. The van der Waals surface area contributed by atoms with Gasteiger partial charge in [-0.05, 0) is 86.9 Å². The van der Waals surface area contributed by atoms with Gasteiger partial charge in [0.2, 0.25) is 0 Å². The van der Waals surface area contributed by atoms with Crippen molar-refractivity contribution in [2.24, 2.45) is 0 Å². The van der Waals surface area contributed by atoms with E-state index in [0.717, 1.165) is 43.7 Å². The average Bonchev–Trinajstić information content (AvgIpc) is 2.87. The van der Waals surface area contributed by atoms with E-state index in [9.17, 15) is 10.1 Å². The summed E-state index contributed by atoms with van der Waals surface area (Å²) in [6, 6.07) is 24.3. The first-order chi connectivity index (χ1) is 16.9. The lowest BCUT2D eigenvalue weighted by Crippen LogP contribution is -2.49. The van der Waals surface area contributed by atoms with E-state index in [1.807, 2.05) is 42.5 Å². The number of aryl methyl sites for hydroxylation is 1. The van der Waals surface area contributed by atoms with Gasteiger partial charge in [-0.15, -0.1) is 0 Å². The van der Waals surface area contributed by atoms with Crippen molar-refractivity contribution in [3.8, 4) is 11.8 Å². The summed E-state index contributed by atoms with van der Waals surface area (Å²) in [6.07, 6.45) is 1.66. The minimum absolute atomic E-state index is 0.134. The molecular formula is C28H25BrIN3O2. The second-order valence-electron chi connectivity index (χ2n) is 8.38. The molecule has 1 fully saturated rings. The quantitative estimate of drug-likeness (QED) is 0.183. The molecule has 7 heteroatoms. The zero-order chi connectivity index (χ0) is 24.8. The number of anilines is 1. The van der Waals surface area contributed by atoms with Crippen molar-refractivity contribution in [2.75, 3.05) is 31.1 Å². The predicted octanol–water partition coefficient (Wildman–Crippen LogP) is 6.20. The zero-order valence-corrected chi connectivity index (χ0v) is 23.1. The highest BCUT2D eigenvalue weighted by Gasteiger charge is 2.24. The van der Waals surface area contributed by atoms with Crippen LogP contribution in [0.5, 0.6) is 5.75 Å². The van der Waals surface area contributed by atoms with Crippen molar-refractivity contribution in [3.63, 3.8) is 0 Å². The number of carbonyl (C=O) groups excluding carboxylic acids is 1. The molecule has 0 aromatic heterocycles. The number of nitriles is 1. The molecule has 35 heavy (non-hydrogen) atoms. The standard InChI is InChI=1S/C28H25BrIN3O2/c1-20-6-5-7-21(14-20)19-35-27-25(29)16-22(17-26(27)30)15-23(18-31)28(34)33-12-10-32(11-13-33)24-8-3-2-4-9-24/h2-9,14-17H,10-13,19H2,1H3/b23-15-. The summed E-state index contributed by atoms with van der Waals surface area (Å²) in [6.45, 7) is 5.17. The number of rotatable bonds is 6. The van der Waals surface area contributed by atoms with Crippen molar-refractivity contribution < 1.29 is 9.53 Å². The Morgan fingerprint density at radius 2 is 1.83 bits per heavy atom. The van der Waals surface area contributed by atoms with Crippen LogP contribution in [0.4, 0.5) is 5.69 Å². The van der Waals surface area contributed by atoms with Crippen LogP contribution in [0.2, 0.25) is 0 Å². The van der Waals surface area contributed by atoms with Crippen molar-refractivity contribution in [2.45, 2.75) is 13.5 Å². The Balaban J connectivity index is 1.43. The fourth-order valence-electron chi connectivity index (χ4n) is 4.04. The average molecular weight is 642 g/mol. The summed E-state index contributed by atoms with van der Waals surface area (Å²) in [4.78, 5) is 17.1. The highest BCUT2D eigenvalue weighted by molar-refractivity contribution is 14.1. The molecule has 0 aliphatic carbocycles. The lowest BCUT2D eigenvalue weighted by atomic mass is 10.1. The van der Waals surface area contributed by atoms with Crippen LogP contribution in [-0.4, -0.2) is 37.0 Å². The van der Waals surface area contributed by atoms with Gasteiger partial charge < -0.3 is 14.5 Å². The third-order valence-corrected chi connectivity index (χ3v) is 7.23. The minimum Gasteiger partial charge on any atom is -0.487 e. The Hall–Kier alpha value is -2.83. The van der Waals surface area contributed by atoms with Gasteiger partial charge in [-0.2, -0.15) is 5.26 Å². The first-order valence-corrected chi connectivity index (χ1v) is 13.2. The Labute approximate surface area is 228 Å². The molecule has 1 saturated heterocycles. The highest BCUT2D eigenvalue weighted by Crippen LogP contribution is 2.33. The molecule has 1 amide bonds. The van der Waals surface area contributed by atoms with Gasteiger partial charge in [-0.3, -0.25) is 4.79 Å². The topological polar surface area (TPSA) is 56.6 Å². The van der Waals surface area contributed by atoms with Crippen molar-refractivity contribution in [1.29, 1.82) is 5.26 Å². The van der Waals surface area contributed by atoms with Crippen molar-refractivity contribution >= 4 is 56.2 Å². The summed E-state index contributed by atoms with van der Waals surface area (Å²) in [5.74, 6) is 0.511. The lowest BCUT2D eigenvalue weighted by molar-refractivity contribution is -0.126. The molecule has 0 saturated carbocycles. The molecule has 3 aromatic carbocycles. The van der Waals surface area contributed by atoms with E-state index in [1.165, 1.54) is 5.56 Å². The molecule has 3 aromatic rings. The summed E-state index contributed by atoms with van der Waals surface area (Å²) < 4.78 is 7.75. The van der Waals surface area contributed by atoms with Crippen LogP contribution in [0.15, 0.2) is 76.8 Å². The Morgan fingerprint density at radius 3 is 2.49 bits per heavy atom. The van der Waals surface area contributed by atoms with E-state index in [4.69, 9.17) is 4.74 Å². The van der Waals surface area contributed by atoms with E-state index in [-0.39, 0.29) is 11.5 Å². The van der Waals surface area contributed by atoms with Gasteiger partial charge in [0.1, 0.15) is 24.0 Å². The number of nitrogens with zero attached hydrogens (tertiary/aromatic N) is 3. The van der Waals surface area contributed by atoms with Crippen LogP contribution in [-0.2, 0) is 11.4 Å². The SMILES string of the molecule is Cc1cccc(COc2c(Br)cc(/C=C(/C#N)C(=O)N3CCN(c4ccccc4)CC3)cc2I)c1. The number of hydrogen-bond acceptors (Lipinski definition) is 4. The van der Waals surface area contributed by atoms with E-state index < -0.39 is 0 Å². The van der Waals surface area contributed by atoms with Crippen molar-refractivity contribution in [1.82, 2.24) is 4.90 Å². The molecule has 1 heterocycles. The van der Waals surface area contributed by atoms with Gasteiger partial charge in [0.15, 0.2) is 0 Å². The maximum atomic E-state index is 13.1. The molecule has 178 valence electrons. The molecule has 1 aliphatic heterocycles. The smallest absolute Gasteiger partial charge is 0.264 e. The number of piperazine rings is 1. The van der Waals surface area contributed by atoms with Crippen LogP contribution in [0, 0.1) is 21.8 Å². The first-order valence-electron chi connectivity index (χ1n) is 11.3. The minimum atomic E-state index is -0.230. The van der Waals surface area contributed by atoms with Gasteiger partial charge in [-0.1, -0.05) is 48.0 Å². The second kappa shape index (κ2) is 11.7. The maximum absolute atomic E-state index is 13.1. The molecule has 1 aliphatic rings. The molecule has 0 radical (unpaired) electrons. The predicted molar refractivity (Wildman–Crippen MR) is 151 cm³/mol. The van der Waals surface area contributed by atoms with Crippen LogP contribution in [0.1, 0.15) is 16.7 Å². The summed E-state index contributed by atoms with van der Waals surface area (Å²) in [5, 5.41) is 9.73. The van der Waals surface area contributed by atoms with E-state index in [2.05, 4.69) is 80.7 Å². The Morgan fingerprint density at radius 1 is 1.09 bits per heavy atom. The van der Waals surface area contributed by atoms with Crippen LogP contribution in [0.25, 0.3) is 6.08 Å². The molecule has 0 unspecified atom stereocenters. The zero-order valence-electron chi connectivity index (χ0n) is 19.4. The Bertz CT molecular complexity index is 1260. The fraction of sp³-hybridized carbons (Fsp3) is 0.214. The summed E-state index contributed by atoms with van der Waals surface area (Å²) >= 11 is 5.82. The third-order valence-electron chi connectivity index (χ3n) is 5.84. The van der Waals surface area contributed by atoms with E-state index in [1.54, 1.807) is 11.0 Å². The van der Waals surface area contributed by atoms with Gasteiger partial charge in [0.25, 0.3) is 5.91 Å². The molecular weight excluding hydrogens is 617 g/mol. The van der Waals surface area contributed by atoms with Gasteiger partial charge in [-0.25, -0.2) is 0 Å². The fourth-order valence-corrected chi connectivity index (χ4v) is 5.81. The van der Waals surface area contributed by atoms with E-state index in [0.29, 0.717) is 19.7 Å². The van der Waals surface area contributed by atoms with E-state index >= 15 is 0 Å². The number of halogens is 2. The van der Waals surface area contributed by atoms with Crippen LogP contribution < -0.4 is 9.64 Å². The molecule has 4 rings (SSSR count). The number of ether oxygens (including phenoxy) is 1. The highest BCUT2D eigenvalue weighted by atomic mass is 127. The first kappa shape index (κ1) is 25.3. The molecule has 0 N–H and O–H groups in total. The van der Waals surface area contributed by atoms with Crippen LogP contribution in [0.3, 0.4) is 0 Å². The van der Waals surface area contributed by atoms with Crippen molar-refractivity contribution in [3.05, 3.63) is 97.0 Å². The number of carbonyl (C=O) groups is 1. The van der Waals surface area contributed by atoms with Crippen LogP contribution >= 0.6 is 38.5 Å². The summed E-state index contributed by atoms with van der Waals surface area (Å²) in [5.41, 5.74) is 4.35.